The van der Waals surface area contributed by atoms with Gasteiger partial charge in [-0.15, -0.1) is 0 Å². The Bertz CT molecular complexity index is 487. The average Bonchev–Trinajstić information content (AvgIpc) is 2.17. The standard InChI is InChI=1S/C7H9ClN4O3S/c1-4(6(9)13)12-16(14,15)5-2-10-7(8)11-3-5/h2-4,12H,1H3,(H2,9,13). The average molecular weight is 265 g/mol. The van der Waals surface area contributed by atoms with Gasteiger partial charge in [0.25, 0.3) is 0 Å². The number of hydrogen-bond donors (Lipinski definition) is 2. The highest BCUT2D eigenvalue weighted by atomic mass is 35.5. The third-order valence-electron chi connectivity index (χ3n) is 1.67. The number of aromatic nitrogens is 2. The number of primary amides is 1. The monoisotopic (exact) mass is 264 g/mol. The van der Waals surface area contributed by atoms with Crippen LogP contribution in [-0.4, -0.2) is 30.3 Å². The van der Waals surface area contributed by atoms with Crippen LogP contribution in [0.5, 0.6) is 0 Å². The van der Waals surface area contributed by atoms with Crippen molar-refractivity contribution >= 4 is 27.5 Å². The van der Waals surface area contributed by atoms with Crippen LogP contribution in [0.15, 0.2) is 17.3 Å². The molecule has 1 aromatic rings. The van der Waals surface area contributed by atoms with E-state index in [1.165, 1.54) is 6.92 Å². The first-order valence-corrected chi connectivity index (χ1v) is 5.98. The molecular weight excluding hydrogens is 256 g/mol. The highest BCUT2D eigenvalue weighted by Crippen LogP contribution is 2.07. The van der Waals surface area contributed by atoms with E-state index in [4.69, 9.17) is 17.3 Å². The van der Waals surface area contributed by atoms with E-state index in [1.807, 2.05) is 0 Å². The fourth-order valence-corrected chi connectivity index (χ4v) is 2.00. The number of nitrogens with zero attached hydrogens (tertiary/aromatic N) is 2. The van der Waals surface area contributed by atoms with Crippen molar-refractivity contribution in [2.45, 2.75) is 17.9 Å². The topological polar surface area (TPSA) is 115 Å². The van der Waals surface area contributed by atoms with E-state index in [1.54, 1.807) is 0 Å². The Kier molecular flexibility index (Phi) is 3.79. The van der Waals surface area contributed by atoms with Gasteiger partial charge in [-0.1, -0.05) is 0 Å². The molecule has 9 heteroatoms. The van der Waals surface area contributed by atoms with Crippen LogP contribution in [0.3, 0.4) is 0 Å². The first kappa shape index (κ1) is 12.8. The molecule has 0 bridgehead atoms. The largest absolute Gasteiger partial charge is 0.368 e. The van der Waals surface area contributed by atoms with E-state index >= 15 is 0 Å². The second kappa shape index (κ2) is 4.73. The molecule has 0 spiro atoms. The van der Waals surface area contributed by atoms with E-state index < -0.39 is 22.0 Å². The Morgan fingerprint density at radius 1 is 1.50 bits per heavy atom. The van der Waals surface area contributed by atoms with Crippen molar-refractivity contribution < 1.29 is 13.2 Å². The van der Waals surface area contributed by atoms with Gasteiger partial charge < -0.3 is 5.73 Å². The molecule has 0 radical (unpaired) electrons. The molecule has 1 heterocycles. The number of nitrogens with one attached hydrogen (secondary N) is 1. The molecule has 3 N–H and O–H groups in total. The van der Waals surface area contributed by atoms with Crippen LogP contribution >= 0.6 is 11.6 Å². The minimum atomic E-state index is -3.86. The molecule has 0 aliphatic rings. The molecule has 0 saturated heterocycles. The fourth-order valence-electron chi connectivity index (χ4n) is 0.798. The van der Waals surface area contributed by atoms with Crippen LogP contribution in [-0.2, 0) is 14.8 Å². The van der Waals surface area contributed by atoms with Crippen LogP contribution in [0.2, 0.25) is 5.28 Å². The first-order chi connectivity index (χ1) is 7.33. The zero-order valence-corrected chi connectivity index (χ0v) is 9.79. The quantitative estimate of drug-likeness (QED) is 0.697. The van der Waals surface area contributed by atoms with Gasteiger partial charge in [-0.25, -0.2) is 18.4 Å². The summed E-state index contributed by atoms with van der Waals surface area (Å²) in [5.41, 5.74) is 4.93. The van der Waals surface area contributed by atoms with Gasteiger partial charge >= 0.3 is 0 Å². The molecule has 1 atom stereocenters. The number of hydrogen-bond acceptors (Lipinski definition) is 5. The summed E-state index contributed by atoms with van der Waals surface area (Å²) >= 11 is 5.41. The molecule has 1 unspecified atom stereocenters. The van der Waals surface area contributed by atoms with Crippen molar-refractivity contribution in [3.05, 3.63) is 17.7 Å². The lowest BCUT2D eigenvalue weighted by atomic mass is 10.4. The normalized spacial score (nSPS) is 13.4. The van der Waals surface area contributed by atoms with Crippen LogP contribution in [0.25, 0.3) is 0 Å². The van der Waals surface area contributed by atoms with Crippen molar-refractivity contribution in [2.24, 2.45) is 5.73 Å². The zero-order chi connectivity index (χ0) is 12.3. The van der Waals surface area contributed by atoms with Crippen LogP contribution in [0.4, 0.5) is 0 Å². The summed E-state index contributed by atoms with van der Waals surface area (Å²) in [5, 5.41) is -0.0677. The molecule has 88 valence electrons. The number of carbonyl (C=O) groups is 1. The number of nitrogens with two attached hydrogens (primary N) is 1. The molecule has 0 aliphatic carbocycles. The SMILES string of the molecule is CC(NS(=O)(=O)c1cnc(Cl)nc1)C(N)=O. The number of sulfonamides is 1. The molecule has 1 aromatic heterocycles. The van der Waals surface area contributed by atoms with Crippen LogP contribution in [0, 0.1) is 0 Å². The van der Waals surface area contributed by atoms with Gasteiger partial charge in [0.05, 0.1) is 18.4 Å². The summed E-state index contributed by atoms with van der Waals surface area (Å²) in [6.45, 7) is 1.33. The molecule has 0 aliphatic heterocycles. The third kappa shape index (κ3) is 3.12. The number of halogens is 1. The third-order valence-corrected chi connectivity index (χ3v) is 3.36. The number of rotatable bonds is 4. The Labute approximate surface area is 97.1 Å². The fraction of sp³-hybridized carbons (Fsp3) is 0.286. The molecule has 0 aromatic carbocycles. The molecule has 0 fully saturated rings. The van der Waals surface area contributed by atoms with Crippen molar-refractivity contribution in [1.82, 2.24) is 14.7 Å². The van der Waals surface area contributed by atoms with Crippen LogP contribution in [0.1, 0.15) is 6.92 Å². The maximum absolute atomic E-state index is 11.6. The Balaban J connectivity index is 2.94. The summed E-state index contributed by atoms with van der Waals surface area (Å²) in [6, 6.07) is -1.01. The smallest absolute Gasteiger partial charge is 0.244 e. The maximum atomic E-state index is 11.6. The summed E-state index contributed by atoms with van der Waals surface area (Å²) in [7, 11) is -3.86. The van der Waals surface area contributed by atoms with Crippen molar-refractivity contribution in [3.8, 4) is 0 Å². The van der Waals surface area contributed by atoms with Gasteiger partial charge in [0.15, 0.2) is 0 Å². The molecule has 7 nitrogen and oxygen atoms in total. The number of carbonyl (C=O) groups excluding carboxylic acids is 1. The first-order valence-electron chi connectivity index (χ1n) is 4.12. The highest BCUT2D eigenvalue weighted by molar-refractivity contribution is 7.89. The van der Waals surface area contributed by atoms with Gasteiger partial charge in [-0.05, 0) is 18.5 Å². The Hall–Kier alpha value is -1.25. The predicted molar refractivity (Wildman–Crippen MR) is 56.0 cm³/mol. The van der Waals surface area contributed by atoms with Crippen molar-refractivity contribution in [1.29, 1.82) is 0 Å². The number of amides is 1. The maximum Gasteiger partial charge on any atom is 0.244 e. The van der Waals surface area contributed by atoms with E-state index in [0.717, 1.165) is 12.4 Å². The lowest BCUT2D eigenvalue weighted by molar-refractivity contribution is -0.119. The van der Waals surface area contributed by atoms with Gasteiger partial charge in [-0.2, -0.15) is 4.72 Å². The van der Waals surface area contributed by atoms with Crippen molar-refractivity contribution in [2.75, 3.05) is 0 Å². The lowest BCUT2D eigenvalue weighted by Crippen LogP contribution is -2.42. The summed E-state index contributed by atoms with van der Waals surface area (Å²) in [4.78, 5) is 17.5. The molecule has 0 saturated carbocycles. The van der Waals surface area contributed by atoms with Gasteiger partial charge in [-0.3, -0.25) is 4.79 Å². The summed E-state index contributed by atoms with van der Waals surface area (Å²) in [5.74, 6) is -0.779. The summed E-state index contributed by atoms with van der Waals surface area (Å²) < 4.78 is 25.3. The predicted octanol–water partition coefficient (Wildman–Crippen LogP) is -0.718. The molecular formula is C7H9ClN4O3S. The molecule has 1 amide bonds. The molecule has 16 heavy (non-hydrogen) atoms. The van der Waals surface area contributed by atoms with Gasteiger partial charge in [0, 0.05) is 0 Å². The van der Waals surface area contributed by atoms with E-state index in [-0.39, 0.29) is 10.2 Å². The Morgan fingerprint density at radius 2 is 2.00 bits per heavy atom. The zero-order valence-electron chi connectivity index (χ0n) is 8.21. The second-order valence-corrected chi connectivity index (χ2v) is 4.99. The molecule has 1 rings (SSSR count). The second-order valence-electron chi connectivity index (χ2n) is 2.93. The van der Waals surface area contributed by atoms with Gasteiger partial charge in [0.2, 0.25) is 21.2 Å². The minimum Gasteiger partial charge on any atom is -0.368 e. The minimum absolute atomic E-state index is 0.0677. The van der Waals surface area contributed by atoms with Crippen molar-refractivity contribution in [3.63, 3.8) is 0 Å². The highest BCUT2D eigenvalue weighted by Gasteiger charge is 2.20. The van der Waals surface area contributed by atoms with Crippen LogP contribution < -0.4 is 10.5 Å². The van der Waals surface area contributed by atoms with Gasteiger partial charge in [0.1, 0.15) is 4.90 Å². The van der Waals surface area contributed by atoms with E-state index in [9.17, 15) is 13.2 Å². The summed E-state index contributed by atoms with van der Waals surface area (Å²) in [6.07, 6.45) is 2.07. The van der Waals surface area contributed by atoms with E-state index in [0.29, 0.717) is 0 Å². The van der Waals surface area contributed by atoms with E-state index in [2.05, 4.69) is 14.7 Å². The lowest BCUT2D eigenvalue weighted by Gasteiger charge is -2.10. The Morgan fingerprint density at radius 3 is 2.44 bits per heavy atom.